The van der Waals surface area contributed by atoms with E-state index in [-0.39, 0.29) is 11.7 Å². The normalized spacial score (nSPS) is 22.1. The van der Waals surface area contributed by atoms with E-state index in [0.29, 0.717) is 11.3 Å². The molecule has 1 amide bonds. The van der Waals surface area contributed by atoms with E-state index in [1.165, 1.54) is 18.9 Å². The van der Waals surface area contributed by atoms with Gasteiger partial charge < -0.3 is 10.1 Å². The highest BCUT2D eigenvalue weighted by Crippen LogP contribution is 2.24. The Labute approximate surface area is 114 Å². The molecule has 6 heteroatoms. The second kappa shape index (κ2) is 5.88. The summed E-state index contributed by atoms with van der Waals surface area (Å²) in [5, 5.41) is 1.81. The molecule has 1 N–H and O–H groups in total. The van der Waals surface area contributed by atoms with Crippen molar-refractivity contribution in [2.45, 2.75) is 11.3 Å². The summed E-state index contributed by atoms with van der Waals surface area (Å²) < 4.78 is 4.55. The van der Waals surface area contributed by atoms with Crippen molar-refractivity contribution in [3.8, 4) is 0 Å². The van der Waals surface area contributed by atoms with Gasteiger partial charge in [-0.15, -0.1) is 11.8 Å². The van der Waals surface area contributed by atoms with Crippen LogP contribution in [-0.2, 0) is 14.3 Å². The molecule has 1 aliphatic heterocycles. The fourth-order valence-corrected chi connectivity index (χ4v) is 2.97. The molecule has 1 fully saturated rings. The number of ether oxygens (including phenoxy) is 1. The molecule has 1 aliphatic rings. The highest BCUT2D eigenvalue weighted by Gasteiger charge is 2.41. The lowest BCUT2D eigenvalue weighted by Crippen LogP contribution is -2.42. The number of carbonyl (C=O) groups is 3. The number of benzene rings is 1. The Hall–Kier alpha value is -1.82. The van der Waals surface area contributed by atoms with Crippen LogP contribution in [0.3, 0.4) is 0 Å². The molecule has 1 heterocycles. The maximum Gasteiger partial charge on any atom is 0.326 e. The predicted molar refractivity (Wildman–Crippen MR) is 71.0 cm³/mol. The molecule has 1 aromatic rings. The molecule has 2 rings (SSSR count). The second-order valence-electron chi connectivity index (χ2n) is 4.03. The number of rotatable bonds is 3. The van der Waals surface area contributed by atoms with Crippen LogP contribution in [0.15, 0.2) is 30.3 Å². The molecule has 0 bridgehead atoms. The number of amides is 1. The molecule has 0 aromatic heterocycles. The molecule has 5 nitrogen and oxygen atoms in total. The first-order valence-electron chi connectivity index (χ1n) is 5.72. The number of carbonyl (C=O) groups excluding carboxylic acids is 3. The number of thioether (sulfide) groups is 1. The van der Waals surface area contributed by atoms with Crippen LogP contribution in [0.25, 0.3) is 0 Å². The van der Waals surface area contributed by atoms with Gasteiger partial charge >= 0.3 is 5.97 Å². The van der Waals surface area contributed by atoms with Crippen LogP contribution in [0, 0.1) is 0 Å². The number of nitrogens with one attached hydrogen (secondary N) is 1. The van der Waals surface area contributed by atoms with Crippen molar-refractivity contribution >= 4 is 29.4 Å². The van der Waals surface area contributed by atoms with Gasteiger partial charge in [-0.1, -0.05) is 18.2 Å². The van der Waals surface area contributed by atoms with Crippen LogP contribution in [0.2, 0.25) is 0 Å². The first-order chi connectivity index (χ1) is 9.13. The quantitative estimate of drug-likeness (QED) is 0.649. The minimum absolute atomic E-state index is 0.305. The molecular weight excluding hydrogens is 266 g/mol. The summed E-state index contributed by atoms with van der Waals surface area (Å²) in [5.74, 6) is -0.797. The average molecular weight is 279 g/mol. The summed E-state index contributed by atoms with van der Waals surface area (Å²) >= 11 is 1.19. The monoisotopic (exact) mass is 279 g/mol. The van der Waals surface area contributed by atoms with E-state index < -0.39 is 17.3 Å². The van der Waals surface area contributed by atoms with E-state index in [2.05, 4.69) is 10.1 Å². The first-order valence-corrected chi connectivity index (χ1v) is 6.77. The van der Waals surface area contributed by atoms with Gasteiger partial charge in [0, 0.05) is 11.3 Å². The van der Waals surface area contributed by atoms with Gasteiger partial charge in [0.15, 0.2) is 11.0 Å². The Balaban J connectivity index is 2.00. The number of esters is 1. The molecule has 0 radical (unpaired) electrons. The van der Waals surface area contributed by atoms with Crippen molar-refractivity contribution in [3.63, 3.8) is 0 Å². The zero-order chi connectivity index (χ0) is 13.8. The summed E-state index contributed by atoms with van der Waals surface area (Å²) in [4.78, 5) is 35.2. The molecule has 2 atom stereocenters. The minimum Gasteiger partial charge on any atom is -0.468 e. The van der Waals surface area contributed by atoms with Gasteiger partial charge in [0.2, 0.25) is 0 Å². The van der Waals surface area contributed by atoms with Gasteiger partial charge in [-0.25, -0.2) is 0 Å². The van der Waals surface area contributed by atoms with Crippen molar-refractivity contribution < 1.29 is 19.1 Å². The number of Topliss-reactive ketones (excluding diaryl/α,β-unsaturated/α-hetero) is 1. The largest absolute Gasteiger partial charge is 0.468 e. The van der Waals surface area contributed by atoms with Crippen LogP contribution in [0.1, 0.15) is 10.4 Å². The molecule has 0 saturated carbocycles. The molecule has 0 unspecified atom stereocenters. The predicted octanol–water partition coefficient (Wildman–Crippen LogP) is 0.642. The Kier molecular flexibility index (Phi) is 4.21. The van der Waals surface area contributed by atoms with Crippen molar-refractivity contribution in [3.05, 3.63) is 35.9 Å². The summed E-state index contributed by atoms with van der Waals surface area (Å²) in [6.07, 6.45) is 0. The average Bonchev–Trinajstić information content (AvgIpc) is 2.80. The van der Waals surface area contributed by atoms with Crippen LogP contribution in [0.5, 0.6) is 0 Å². The van der Waals surface area contributed by atoms with E-state index in [1.807, 2.05) is 0 Å². The third-order valence-corrected chi connectivity index (χ3v) is 4.07. The van der Waals surface area contributed by atoms with Gasteiger partial charge in [0.1, 0.15) is 0 Å². The van der Waals surface area contributed by atoms with Crippen LogP contribution >= 0.6 is 11.8 Å². The van der Waals surface area contributed by atoms with E-state index in [0.717, 1.165) is 0 Å². The van der Waals surface area contributed by atoms with E-state index in [1.54, 1.807) is 30.3 Å². The summed E-state index contributed by atoms with van der Waals surface area (Å²) in [5.41, 5.74) is 0.488. The Bertz CT molecular complexity index is 503. The molecule has 1 aromatic carbocycles. The minimum atomic E-state index is -0.828. The lowest BCUT2D eigenvalue weighted by atomic mass is 10.1. The maximum atomic E-state index is 11.9. The first kappa shape index (κ1) is 13.6. The smallest absolute Gasteiger partial charge is 0.326 e. The van der Waals surface area contributed by atoms with Gasteiger partial charge in [0.25, 0.3) is 5.91 Å². The van der Waals surface area contributed by atoms with Crippen molar-refractivity contribution in [1.29, 1.82) is 0 Å². The topological polar surface area (TPSA) is 72.5 Å². The van der Waals surface area contributed by atoms with E-state index >= 15 is 0 Å². The maximum absolute atomic E-state index is 11.9. The molecule has 0 spiro atoms. The highest BCUT2D eigenvalue weighted by atomic mass is 32.2. The molecule has 19 heavy (non-hydrogen) atoms. The molecule has 0 aliphatic carbocycles. The van der Waals surface area contributed by atoms with Crippen LogP contribution in [-0.4, -0.2) is 41.8 Å². The Morgan fingerprint density at radius 3 is 2.63 bits per heavy atom. The SMILES string of the molecule is COC(=O)[C@H]1SC[C@H](NC(=O)c2ccccc2)C1=O. The van der Waals surface area contributed by atoms with Gasteiger partial charge in [0.05, 0.1) is 13.2 Å². The summed E-state index contributed by atoms with van der Waals surface area (Å²) in [7, 11) is 1.24. The molecule has 100 valence electrons. The van der Waals surface area contributed by atoms with Gasteiger partial charge in [-0.2, -0.15) is 0 Å². The molecule has 1 saturated heterocycles. The zero-order valence-corrected chi connectivity index (χ0v) is 11.1. The summed E-state index contributed by atoms with van der Waals surface area (Å²) in [6, 6.07) is 8.00. The summed E-state index contributed by atoms with van der Waals surface area (Å²) in [6.45, 7) is 0. The lowest BCUT2D eigenvalue weighted by molar-refractivity contribution is -0.142. The van der Waals surface area contributed by atoms with Crippen LogP contribution < -0.4 is 5.32 Å². The number of hydrogen-bond donors (Lipinski definition) is 1. The van der Waals surface area contributed by atoms with Gasteiger partial charge in [-0.05, 0) is 12.1 Å². The lowest BCUT2D eigenvalue weighted by Gasteiger charge is -2.11. The van der Waals surface area contributed by atoms with Crippen molar-refractivity contribution in [2.24, 2.45) is 0 Å². The third kappa shape index (κ3) is 2.96. The van der Waals surface area contributed by atoms with Gasteiger partial charge in [-0.3, -0.25) is 14.4 Å². The standard InChI is InChI=1S/C13H13NO4S/c1-18-13(17)11-10(15)9(7-19-11)14-12(16)8-5-3-2-4-6-8/h2-6,9,11H,7H2,1H3,(H,14,16)/t9-,11-/m0/s1. The zero-order valence-electron chi connectivity index (χ0n) is 10.3. The van der Waals surface area contributed by atoms with E-state index in [4.69, 9.17) is 0 Å². The Morgan fingerprint density at radius 2 is 2.00 bits per heavy atom. The van der Waals surface area contributed by atoms with Crippen LogP contribution in [0.4, 0.5) is 0 Å². The Morgan fingerprint density at radius 1 is 1.32 bits per heavy atom. The third-order valence-electron chi connectivity index (χ3n) is 2.79. The number of hydrogen-bond acceptors (Lipinski definition) is 5. The second-order valence-corrected chi connectivity index (χ2v) is 5.17. The number of methoxy groups -OCH3 is 1. The van der Waals surface area contributed by atoms with Crippen molar-refractivity contribution in [2.75, 3.05) is 12.9 Å². The van der Waals surface area contributed by atoms with E-state index in [9.17, 15) is 14.4 Å². The highest BCUT2D eigenvalue weighted by molar-refractivity contribution is 8.02. The van der Waals surface area contributed by atoms with Crippen molar-refractivity contribution in [1.82, 2.24) is 5.32 Å². The number of ketones is 1. The fourth-order valence-electron chi connectivity index (χ4n) is 1.77. The fraction of sp³-hybridized carbons (Fsp3) is 0.308. The molecular formula is C13H13NO4S.